The Morgan fingerprint density at radius 3 is 2.60 bits per heavy atom. The highest BCUT2D eigenvalue weighted by Gasteiger charge is 2.07. The van der Waals surface area contributed by atoms with E-state index in [2.05, 4.69) is 19.2 Å². The Bertz CT molecular complexity index is 286. The summed E-state index contributed by atoms with van der Waals surface area (Å²) in [6.07, 6.45) is 4.53. The number of para-hydroxylation sites is 1. The van der Waals surface area contributed by atoms with Crippen LogP contribution in [0.25, 0.3) is 0 Å². The van der Waals surface area contributed by atoms with Crippen LogP contribution < -0.4 is 5.32 Å². The van der Waals surface area contributed by atoms with Crippen molar-refractivity contribution in [1.82, 2.24) is 0 Å². The van der Waals surface area contributed by atoms with E-state index < -0.39 is 0 Å². The van der Waals surface area contributed by atoms with Crippen LogP contribution in [0.3, 0.4) is 0 Å². The van der Waals surface area contributed by atoms with Gasteiger partial charge in [0.15, 0.2) is 0 Å². The van der Waals surface area contributed by atoms with Crippen molar-refractivity contribution in [1.29, 1.82) is 0 Å². The average Bonchev–Trinajstić information content (AvgIpc) is 2.26. The molecule has 2 heteroatoms. The zero-order valence-corrected chi connectivity index (χ0v) is 9.59. The fourth-order valence-corrected chi connectivity index (χ4v) is 1.63. The summed E-state index contributed by atoms with van der Waals surface area (Å²) in [6.45, 7) is 4.31. The van der Waals surface area contributed by atoms with Gasteiger partial charge in [0.05, 0.1) is 5.69 Å². The summed E-state index contributed by atoms with van der Waals surface area (Å²) in [5.74, 6) is -0.160. The van der Waals surface area contributed by atoms with Crippen LogP contribution in [0.5, 0.6) is 0 Å². The molecule has 0 amide bonds. The number of hydrogen-bond acceptors (Lipinski definition) is 1. The predicted molar refractivity (Wildman–Crippen MR) is 63.6 cm³/mol. The van der Waals surface area contributed by atoms with E-state index in [9.17, 15) is 4.39 Å². The molecule has 0 bridgehead atoms. The van der Waals surface area contributed by atoms with Crippen molar-refractivity contribution in [3.8, 4) is 0 Å². The Morgan fingerprint density at radius 1 is 1.27 bits per heavy atom. The van der Waals surface area contributed by atoms with Gasteiger partial charge in [0.1, 0.15) is 5.82 Å². The molecule has 1 atom stereocenters. The lowest BCUT2D eigenvalue weighted by Crippen LogP contribution is -2.18. The summed E-state index contributed by atoms with van der Waals surface area (Å²) in [4.78, 5) is 0. The van der Waals surface area contributed by atoms with Gasteiger partial charge < -0.3 is 5.32 Å². The Kier molecular flexibility index (Phi) is 5.16. The molecule has 0 aliphatic rings. The van der Waals surface area contributed by atoms with E-state index >= 15 is 0 Å². The highest BCUT2D eigenvalue weighted by molar-refractivity contribution is 5.45. The summed E-state index contributed by atoms with van der Waals surface area (Å²) in [5, 5.41) is 3.26. The summed E-state index contributed by atoms with van der Waals surface area (Å²) in [6, 6.07) is 7.26. The van der Waals surface area contributed by atoms with Gasteiger partial charge in [-0.25, -0.2) is 4.39 Å². The third-order valence-corrected chi connectivity index (χ3v) is 2.63. The molecule has 1 aromatic carbocycles. The Hall–Kier alpha value is -1.05. The molecule has 0 aliphatic heterocycles. The monoisotopic (exact) mass is 209 g/mol. The van der Waals surface area contributed by atoms with E-state index in [1.54, 1.807) is 12.1 Å². The smallest absolute Gasteiger partial charge is 0.146 e. The molecule has 0 spiro atoms. The zero-order chi connectivity index (χ0) is 11.1. The van der Waals surface area contributed by atoms with Gasteiger partial charge in [-0.05, 0) is 25.0 Å². The average molecular weight is 209 g/mol. The van der Waals surface area contributed by atoms with Crippen molar-refractivity contribution in [3.63, 3.8) is 0 Å². The van der Waals surface area contributed by atoms with Crippen molar-refractivity contribution < 1.29 is 4.39 Å². The third-order valence-electron chi connectivity index (χ3n) is 2.63. The number of hydrogen-bond donors (Lipinski definition) is 1. The molecular weight excluding hydrogens is 189 g/mol. The molecule has 0 aromatic heterocycles. The van der Waals surface area contributed by atoms with E-state index in [4.69, 9.17) is 0 Å². The minimum Gasteiger partial charge on any atom is -0.380 e. The number of rotatable bonds is 6. The molecule has 0 saturated heterocycles. The summed E-state index contributed by atoms with van der Waals surface area (Å²) in [5.41, 5.74) is 0.625. The molecule has 0 radical (unpaired) electrons. The maximum Gasteiger partial charge on any atom is 0.146 e. The second-order valence-electron chi connectivity index (χ2n) is 3.87. The van der Waals surface area contributed by atoms with E-state index in [0.29, 0.717) is 11.7 Å². The van der Waals surface area contributed by atoms with Gasteiger partial charge in [0.2, 0.25) is 0 Å². The maximum atomic E-state index is 13.3. The topological polar surface area (TPSA) is 12.0 Å². The van der Waals surface area contributed by atoms with Gasteiger partial charge in [-0.3, -0.25) is 0 Å². The maximum absolute atomic E-state index is 13.3. The normalized spacial score (nSPS) is 12.5. The van der Waals surface area contributed by atoms with E-state index in [1.165, 1.54) is 18.9 Å². The lowest BCUT2D eigenvalue weighted by Gasteiger charge is -2.18. The molecule has 1 nitrogen and oxygen atoms in total. The lowest BCUT2D eigenvalue weighted by atomic mass is 10.1. The Morgan fingerprint density at radius 2 is 2.00 bits per heavy atom. The van der Waals surface area contributed by atoms with Gasteiger partial charge >= 0.3 is 0 Å². The molecule has 1 unspecified atom stereocenters. The number of benzene rings is 1. The van der Waals surface area contributed by atoms with Crippen molar-refractivity contribution in [3.05, 3.63) is 30.1 Å². The molecule has 0 heterocycles. The van der Waals surface area contributed by atoms with Crippen molar-refractivity contribution >= 4 is 5.69 Å². The molecule has 0 aliphatic carbocycles. The Balaban J connectivity index is 2.54. The molecule has 1 rings (SSSR count). The SMILES string of the molecule is CCCCC(CC)Nc1ccccc1F. The molecular formula is C13H20FN. The van der Waals surface area contributed by atoms with Crippen LogP contribution in [-0.2, 0) is 0 Å². The minimum atomic E-state index is -0.160. The largest absolute Gasteiger partial charge is 0.380 e. The number of nitrogens with one attached hydrogen (secondary N) is 1. The third kappa shape index (κ3) is 3.90. The van der Waals surface area contributed by atoms with Gasteiger partial charge in [-0.15, -0.1) is 0 Å². The predicted octanol–water partition coefficient (Wildman–Crippen LogP) is 4.21. The molecule has 1 N–H and O–H groups in total. The van der Waals surface area contributed by atoms with Crippen LogP contribution in [-0.4, -0.2) is 6.04 Å². The molecule has 1 aromatic rings. The van der Waals surface area contributed by atoms with Crippen molar-refractivity contribution in [2.24, 2.45) is 0 Å². The second-order valence-corrected chi connectivity index (χ2v) is 3.87. The van der Waals surface area contributed by atoms with Crippen LogP contribution in [0.1, 0.15) is 39.5 Å². The fourth-order valence-electron chi connectivity index (χ4n) is 1.63. The van der Waals surface area contributed by atoms with Crippen LogP contribution in [0.2, 0.25) is 0 Å². The number of anilines is 1. The first kappa shape index (κ1) is 12.0. The molecule has 84 valence electrons. The van der Waals surface area contributed by atoms with Crippen LogP contribution in [0.15, 0.2) is 24.3 Å². The van der Waals surface area contributed by atoms with Crippen molar-refractivity contribution in [2.75, 3.05) is 5.32 Å². The number of unbranched alkanes of at least 4 members (excludes halogenated alkanes) is 1. The van der Waals surface area contributed by atoms with Crippen LogP contribution in [0, 0.1) is 5.82 Å². The summed E-state index contributed by atoms with van der Waals surface area (Å²) < 4.78 is 13.3. The van der Waals surface area contributed by atoms with Crippen LogP contribution >= 0.6 is 0 Å². The second kappa shape index (κ2) is 6.44. The number of halogens is 1. The highest BCUT2D eigenvalue weighted by Crippen LogP contribution is 2.16. The first-order chi connectivity index (χ1) is 7.27. The van der Waals surface area contributed by atoms with E-state index in [1.807, 2.05) is 6.07 Å². The molecule has 0 saturated carbocycles. The van der Waals surface area contributed by atoms with Gasteiger partial charge in [0, 0.05) is 6.04 Å². The van der Waals surface area contributed by atoms with Crippen molar-refractivity contribution in [2.45, 2.75) is 45.6 Å². The van der Waals surface area contributed by atoms with Gasteiger partial charge in [-0.2, -0.15) is 0 Å². The van der Waals surface area contributed by atoms with E-state index in [0.717, 1.165) is 12.8 Å². The molecule has 15 heavy (non-hydrogen) atoms. The van der Waals surface area contributed by atoms with Gasteiger partial charge in [0.25, 0.3) is 0 Å². The minimum absolute atomic E-state index is 0.160. The first-order valence-electron chi connectivity index (χ1n) is 5.79. The Labute approximate surface area is 91.7 Å². The standard InChI is InChI=1S/C13H20FN/c1-3-5-8-11(4-2)15-13-10-7-6-9-12(13)14/h6-7,9-11,15H,3-5,8H2,1-2H3. The van der Waals surface area contributed by atoms with Crippen LogP contribution in [0.4, 0.5) is 10.1 Å². The first-order valence-corrected chi connectivity index (χ1v) is 5.79. The molecule has 0 fully saturated rings. The fraction of sp³-hybridized carbons (Fsp3) is 0.538. The lowest BCUT2D eigenvalue weighted by molar-refractivity contribution is 0.581. The quantitative estimate of drug-likeness (QED) is 0.740. The van der Waals surface area contributed by atoms with Gasteiger partial charge in [-0.1, -0.05) is 38.8 Å². The van der Waals surface area contributed by atoms with E-state index in [-0.39, 0.29) is 5.82 Å². The summed E-state index contributed by atoms with van der Waals surface area (Å²) >= 11 is 0. The highest BCUT2D eigenvalue weighted by atomic mass is 19.1. The summed E-state index contributed by atoms with van der Waals surface area (Å²) in [7, 11) is 0. The zero-order valence-electron chi connectivity index (χ0n) is 9.59.